The van der Waals surface area contributed by atoms with E-state index in [0.29, 0.717) is 17.1 Å². The van der Waals surface area contributed by atoms with Crippen LogP contribution in [0.25, 0.3) is 11.3 Å². The molecule has 0 radical (unpaired) electrons. The molecule has 1 aliphatic rings. The van der Waals surface area contributed by atoms with Gasteiger partial charge in [0, 0.05) is 31.7 Å². The SMILES string of the molecule is Nc1nnc(-c2ccccc2O)cc1N1CCNCC1. The molecule has 0 atom stereocenters. The van der Waals surface area contributed by atoms with Crippen LogP contribution in [0.3, 0.4) is 0 Å². The number of nitrogen functional groups attached to an aromatic ring is 1. The van der Waals surface area contributed by atoms with Gasteiger partial charge in [-0.3, -0.25) is 0 Å². The lowest BCUT2D eigenvalue weighted by Crippen LogP contribution is -2.43. The van der Waals surface area contributed by atoms with E-state index in [2.05, 4.69) is 20.4 Å². The number of rotatable bonds is 2. The van der Waals surface area contributed by atoms with Gasteiger partial charge in [0.25, 0.3) is 0 Å². The van der Waals surface area contributed by atoms with Crippen LogP contribution < -0.4 is 16.0 Å². The second kappa shape index (κ2) is 5.34. The smallest absolute Gasteiger partial charge is 0.169 e. The van der Waals surface area contributed by atoms with Crippen molar-refractivity contribution in [2.75, 3.05) is 36.8 Å². The fraction of sp³-hybridized carbons (Fsp3) is 0.286. The first-order valence-electron chi connectivity index (χ1n) is 6.63. The van der Waals surface area contributed by atoms with Gasteiger partial charge in [-0.15, -0.1) is 10.2 Å². The molecule has 0 bridgehead atoms. The maximum atomic E-state index is 9.91. The Morgan fingerprint density at radius 3 is 2.65 bits per heavy atom. The highest BCUT2D eigenvalue weighted by molar-refractivity contribution is 5.74. The lowest BCUT2D eigenvalue weighted by Gasteiger charge is -2.30. The Morgan fingerprint density at radius 1 is 1.15 bits per heavy atom. The summed E-state index contributed by atoms with van der Waals surface area (Å²) >= 11 is 0. The molecule has 0 aliphatic carbocycles. The number of anilines is 2. The fourth-order valence-electron chi connectivity index (χ4n) is 2.37. The normalized spacial score (nSPS) is 15.3. The second-order valence-electron chi connectivity index (χ2n) is 4.75. The molecule has 0 saturated carbocycles. The van der Waals surface area contributed by atoms with E-state index in [9.17, 15) is 5.11 Å². The Labute approximate surface area is 117 Å². The monoisotopic (exact) mass is 271 g/mol. The van der Waals surface area contributed by atoms with Crippen LogP contribution in [0.15, 0.2) is 30.3 Å². The summed E-state index contributed by atoms with van der Waals surface area (Å²) in [5.41, 5.74) is 8.11. The van der Waals surface area contributed by atoms with Crippen molar-refractivity contribution in [3.05, 3.63) is 30.3 Å². The van der Waals surface area contributed by atoms with Gasteiger partial charge in [-0.1, -0.05) is 12.1 Å². The summed E-state index contributed by atoms with van der Waals surface area (Å²) in [7, 11) is 0. The van der Waals surface area contributed by atoms with Crippen LogP contribution in [-0.2, 0) is 0 Å². The number of hydrogen-bond donors (Lipinski definition) is 3. The third-order valence-corrected chi connectivity index (χ3v) is 3.44. The van der Waals surface area contributed by atoms with Gasteiger partial charge in [0.1, 0.15) is 5.75 Å². The minimum Gasteiger partial charge on any atom is -0.507 e. The summed E-state index contributed by atoms with van der Waals surface area (Å²) in [5.74, 6) is 0.615. The Hall–Kier alpha value is -2.34. The van der Waals surface area contributed by atoms with E-state index in [1.807, 2.05) is 18.2 Å². The van der Waals surface area contributed by atoms with Gasteiger partial charge < -0.3 is 21.1 Å². The largest absolute Gasteiger partial charge is 0.507 e. The summed E-state index contributed by atoms with van der Waals surface area (Å²) in [6.45, 7) is 3.62. The number of phenols is 1. The van der Waals surface area contributed by atoms with Gasteiger partial charge in [-0.2, -0.15) is 0 Å². The molecule has 20 heavy (non-hydrogen) atoms. The summed E-state index contributed by atoms with van der Waals surface area (Å²) in [4.78, 5) is 2.18. The Bertz CT molecular complexity index is 610. The standard InChI is InChI=1S/C14H17N5O/c15-14-12(19-7-5-16-6-8-19)9-11(17-18-14)10-3-1-2-4-13(10)20/h1-4,9,16,20H,5-8H2,(H2,15,18). The molecule has 1 aromatic heterocycles. The van der Waals surface area contributed by atoms with E-state index in [4.69, 9.17) is 5.73 Å². The van der Waals surface area contributed by atoms with Crippen molar-refractivity contribution in [1.29, 1.82) is 0 Å². The quantitative estimate of drug-likeness (QED) is 0.750. The molecule has 4 N–H and O–H groups in total. The molecule has 6 heteroatoms. The molecule has 2 aromatic rings. The average molecular weight is 271 g/mol. The second-order valence-corrected chi connectivity index (χ2v) is 4.75. The number of aromatic hydroxyl groups is 1. The Morgan fingerprint density at radius 2 is 1.90 bits per heavy atom. The van der Waals surface area contributed by atoms with Crippen LogP contribution >= 0.6 is 0 Å². The number of hydrogen-bond acceptors (Lipinski definition) is 6. The summed E-state index contributed by atoms with van der Waals surface area (Å²) in [6.07, 6.45) is 0. The molecular formula is C14H17N5O. The van der Waals surface area contributed by atoms with Gasteiger partial charge >= 0.3 is 0 Å². The topological polar surface area (TPSA) is 87.3 Å². The van der Waals surface area contributed by atoms with E-state index in [1.54, 1.807) is 12.1 Å². The van der Waals surface area contributed by atoms with Crippen LogP contribution in [0.5, 0.6) is 5.75 Å². The summed E-state index contributed by atoms with van der Waals surface area (Å²) in [6, 6.07) is 8.98. The van der Waals surface area contributed by atoms with Crippen LogP contribution in [0.4, 0.5) is 11.5 Å². The Balaban J connectivity index is 2.00. The van der Waals surface area contributed by atoms with Crippen molar-refractivity contribution in [3.63, 3.8) is 0 Å². The maximum absolute atomic E-state index is 9.91. The van der Waals surface area contributed by atoms with Gasteiger partial charge in [0.15, 0.2) is 5.82 Å². The number of nitrogens with one attached hydrogen (secondary N) is 1. The fourth-order valence-corrected chi connectivity index (χ4v) is 2.37. The summed E-state index contributed by atoms with van der Waals surface area (Å²) < 4.78 is 0. The maximum Gasteiger partial charge on any atom is 0.169 e. The van der Waals surface area contributed by atoms with Crippen molar-refractivity contribution < 1.29 is 5.11 Å². The zero-order valence-corrected chi connectivity index (χ0v) is 11.1. The van der Waals surface area contributed by atoms with Crippen molar-refractivity contribution in [1.82, 2.24) is 15.5 Å². The highest BCUT2D eigenvalue weighted by Crippen LogP contribution is 2.31. The van der Waals surface area contributed by atoms with Gasteiger partial charge in [-0.05, 0) is 18.2 Å². The summed E-state index contributed by atoms with van der Waals surface area (Å²) in [5, 5.41) is 21.3. The first-order chi connectivity index (χ1) is 9.75. The Kier molecular flexibility index (Phi) is 3.39. The van der Waals surface area contributed by atoms with E-state index >= 15 is 0 Å². The highest BCUT2D eigenvalue weighted by atomic mass is 16.3. The van der Waals surface area contributed by atoms with E-state index in [0.717, 1.165) is 31.9 Å². The third kappa shape index (κ3) is 2.37. The van der Waals surface area contributed by atoms with Crippen LogP contribution in [0, 0.1) is 0 Å². The number of aromatic nitrogens is 2. The lowest BCUT2D eigenvalue weighted by atomic mass is 10.1. The highest BCUT2D eigenvalue weighted by Gasteiger charge is 2.16. The molecule has 3 rings (SSSR count). The van der Waals surface area contributed by atoms with E-state index in [-0.39, 0.29) is 5.75 Å². The third-order valence-electron chi connectivity index (χ3n) is 3.44. The van der Waals surface area contributed by atoms with Crippen molar-refractivity contribution in [3.8, 4) is 17.0 Å². The molecule has 2 heterocycles. The van der Waals surface area contributed by atoms with Crippen molar-refractivity contribution in [2.45, 2.75) is 0 Å². The first-order valence-corrected chi connectivity index (χ1v) is 6.63. The number of phenolic OH excluding ortho intramolecular Hbond substituents is 1. The van der Waals surface area contributed by atoms with E-state index in [1.165, 1.54) is 0 Å². The molecule has 6 nitrogen and oxygen atoms in total. The minimum atomic E-state index is 0.192. The zero-order valence-electron chi connectivity index (χ0n) is 11.1. The molecule has 0 spiro atoms. The molecule has 0 unspecified atom stereocenters. The number of nitrogens with two attached hydrogens (primary N) is 1. The molecule has 0 amide bonds. The first kappa shape index (κ1) is 12.7. The predicted molar refractivity (Wildman–Crippen MR) is 78.6 cm³/mol. The number of nitrogens with zero attached hydrogens (tertiary/aromatic N) is 3. The number of piperazine rings is 1. The minimum absolute atomic E-state index is 0.192. The number of para-hydroxylation sites is 1. The average Bonchev–Trinajstić information content (AvgIpc) is 2.49. The molecular weight excluding hydrogens is 254 g/mol. The lowest BCUT2D eigenvalue weighted by molar-refractivity contribution is 0.477. The molecule has 1 aliphatic heterocycles. The molecule has 1 aromatic carbocycles. The van der Waals surface area contributed by atoms with Crippen LogP contribution in [-0.4, -0.2) is 41.5 Å². The van der Waals surface area contributed by atoms with Gasteiger partial charge in [-0.25, -0.2) is 0 Å². The van der Waals surface area contributed by atoms with E-state index < -0.39 is 0 Å². The van der Waals surface area contributed by atoms with Crippen molar-refractivity contribution >= 4 is 11.5 Å². The van der Waals surface area contributed by atoms with Crippen LogP contribution in [0.1, 0.15) is 0 Å². The molecule has 1 saturated heterocycles. The van der Waals surface area contributed by atoms with Gasteiger partial charge in [0.2, 0.25) is 0 Å². The number of benzene rings is 1. The van der Waals surface area contributed by atoms with Crippen LogP contribution in [0.2, 0.25) is 0 Å². The molecule has 1 fully saturated rings. The zero-order chi connectivity index (χ0) is 13.9. The molecule has 104 valence electrons. The van der Waals surface area contributed by atoms with Crippen molar-refractivity contribution in [2.24, 2.45) is 0 Å². The predicted octanol–water partition coefficient (Wildman–Crippen LogP) is 0.841. The van der Waals surface area contributed by atoms with Gasteiger partial charge in [0.05, 0.1) is 11.4 Å².